The average Bonchev–Trinajstić information content (AvgIpc) is 2.32. The maximum absolute atomic E-state index is 12.3. The van der Waals surface area contributed by atoms with Gasteiger partial charge in [0.15, 0.2) is 0 Å². The summed E-state index contributed by atoms with van der Waals surface area (Å²) in [6, 6.07) is 0. The van der Waals surface area contributed by atoms with E-state index in [-0.39, 0.29) is 5.78 Å². The molecule has 0 saturated heterocycles. The van der Waals surface area contributed by atoms with Crippen LogP contribution in [0.3, 0.4) is 0 Å². The predicted octanol–water partition coefficient (Wildman–Crippen LogP) is 4.19. The van der Waals surface area contributed by atoms with Crippen molar-refractivity contribution in [3.8, 4) is 22.9 Å². The molecule has 0 aromatic rings. The van der Waals surface area contributed by atoms with Crippen LogP contribution in [-0.4, -0.2) is 21.9 Å². The molecule has 0 aromatic heterocycles. The predicted molar refractivity (Wildman–Crippen MR) is 92.7 cm³/mol. The summed E-state index contributed by atoms with van der Waals surface area (Å²) < 4.78 is 0. The number of hydrogen-bond donors (Lipinski definition) is 0. The highest BCUT2D eigenvalue weighted by molar-refractivity contribution is 6.84. The van der Waals surface area contributed by atoms with E-state index in [1.165, 1.54) is 0 Å². The Kier molecular flexibility index (Phi) is 5.62. The van der Waals surface area contributed by atoms with Gasteiger partial charge in [0.2, 0.25) is 5.78 Å². The van der Waals surface area contributed by atoms with E-state index in [2.05, 4.69) is 62.2 Å². The van der Waals surface area contributed by atoms with E-state index >= 15 is 0 Å². The van der Waals surface area contributed by atoms with Gasteiger partial charge in [-0.2, -0.15) is 0 Å². The first kappa shape index (κ1) is 17.0. The molecule has 0 bridgehead atoms. The first-order chi connectivity index (χ1) is 9.08. The zero-order chi connectivity index (χ0) is 15.4. The fourth-order valence-electron chi connectivity index (χ4n) is 1.88. The molecule has 108 valence electrons. The highest BCUT2D eigenvalue weighted by Crippen LogP contribution is 2.25. The van der Waals surface area contributed by atoms with E-state index in [4.69, 9.17) is 0 Å². The Morgan fingerprint density at radius 2 is 1.45 bits per heavy atom. The molecule has 0 fully saturated rings. The Bertz CT molecular complexity index is 534. The second kappa shape index (κ2) is 6.61. The summed E-state index contributed by atoms with van der Waals surface area (Å²) in [5.41, 5.74) is 8.53. The summed E-state index contributed by atoms with van der Waals surface area (Å²) in [5.74, 6) is 6.20. The SMILES string of the molecule is C[Si](C)(C)C#CC(=O)C1=C(C#C[Si](C)(C)C)CCCC1. The maximum atomic E-state index is 12.3. The molecule has 1 rings (SSSR count). The monoisotopic (exact) mass is 302 g/mol. The minimum Gasteiger partial charge on any atom is -0.280 e. The molecule has 0 aliphatic heterocycles. The third-order valence-electron chi connectivity index (χ3n) is 2.88. The molecule has 1 nitrogen and oxygen atoms in total. The highest BCUT2D eigenvalue weighted by atomic mass is 28.3. The maximum Gasteiger partial charge on any atom is 0.232 e. The zero-order valence-corrected chi connectivity index (χ0v) is 15.7. The number of carbonyl (C=O) groups excluding carboxylic acids is 1. The van der Waals surface area contributed by atoms with Gasteiger partial charge >= 0.3 is 0 Å². The number of rotatable bonds is 1. The fourth-order valence-corrected chi connectivity index (χ4v) is 2.89. The van der Waals surface area contributed by atoms with Gasteiger partial charge in [0, 0.05) is 11.1 Å². The lowest BCUT2D eigenvalue weighted by Gasteiger charge is -2.14. The Morgan fingerprint density at radius 1 is 0.900 bits per heavy atom. The van der Waals surface area contributed by atoms with Gasteiger partial charge in [-0.3, -0.25) is 4.79 Å². The van der Waals surface area contributed by atoms with Crippen molar-refractivity contribution in [1.29, 1.82) is 0 Å². The van der Waals surface area contributed by atoms with Crippen molar-refractivity contribution in [2.24, 2.45) is 0 Å². The van der Waals surface area contributed by atoms with Crippen molar-refractivity contribution in [3.05, 3.63) is 11.1 Å². The number of hydrogen-bond acceptors (Lipinski definition) is 1. The van der Waals surface area contributed by atoms with Crippen LogP contribution < -0.4 is 0 Å². The standard InChI is InChI=1S/C17H26OSi2/c1-19(2,3)13-11-15-9-7-8-10-16(15)17(18)12-14-20(4,5)6/h7-10H2,1-6H3. The van der Waals surface area contributed by atoms with E-state index in [9.17, 15) is 4.79 Å². The minimum absolute atomic E-state index is 0.0204. The van der Waals surface area contributed by atoms with E-state index in [0.29, 0.717) is 0 Å². The summed E-state index contributed by atoms with van der Waals surface area (Å²) in [5, 5.41) is 0. The third-order valence-corrected chi connectivity index (χ3v) is 4.63. The molecule has 1 aliphatic rings. The summed E-state index contributed by atoms with van der Waals surface area (Å²) >= 11 is 0. The van der Waals surface area contributed by atoms with Crippen molar-refractivity contribution >= 4 is 21.9 Å². The van der Waals surface area contributed by atoms with Gasteiger partial charge in [-0.1, -0.05) is 45.2 Å². The van der Waals surface area contributed by atoms with Gasteiger partial charge in [0.25, 0.3) is 0 Å². The molecule has 0 heterocycles. The first-order valence-corrected chi connectivity index (χ1v) is 14.4. The molecule has 0 saturated carbocycles. The minimum atomic E-state index is -1.49. The van der Waals surface area contributed by atoms with Gasteiger partial charge in [-0.05, 0) is 31.6 Å². The number of allylic oxidation sites excluding steroid dienone is 2. The molecular weight excluding hydrogens is 276 g/mol. The first-order valence-electron chi connectivity index (χ1n) is 7.41. The summed E-state index contributed by atoms with van der Waals surface area (Å²) in [6.07, 6.45) is 4.05. The van der Waals surface area contributed by atoms with Gasteiger partial charge in [0.05, 0.1) is 0 Å². The Morgan fingerprint density at radius 3 is 2.00 bits per heavy atom. The highest BCUT2D eigenvalue weighted by Gasteiger charge is 2.18. The molecule has 0 unspecified atom stereocenters. The van der Waals surface area contributed by atoms with Gasteiger partial charge in [-0.15, -0.1) is 11.1 Å². The Hall–Kier alpha value is -1.04. The topological polar surface area (TPSA) is 17.1 Å². The van der Waals surface area contributed by atoms with Crippen LogP contribution in [0.25, 0.3) is 0 Å². The summed E-state index contributed by atoms with van der Waals surface area (Å²) in [4.78, 5) is 12.3. The van der Waals surface area contributed by atoms with E-state index in [1.54, 1.807) is 0 Å². The number of ketones is 1. The second-order valence-corrected chi connectivity index (χ2v) is 17.0. The van der Waals surface area contributed by atoms with E-state index in [0.717, 1.165) is 36.8 Å². The van der Waals surface area contributed by atoms with Crippen LogP contribution in [0.5, 0.6) is 0 Å². The Labute approximate surface area is 126 Å². The largest absolute Gasteiger partial charge is 0.280 e. The van der Waals surface area contributed by atoms with Crippen molar-refractivity contribution in [3.63, 3.8) is 0 Å². The molecule has 0 aromatic carbocycles. The van der Waals surface area contributed by atoms with Crippen molar-refractivity contribution in [2.75, 3.05) is 0 Å². The van der Waals surface area contributed by atoms with Crippen LogP contribution >= 0.6 is 0 Å². The van der Waals surface area contributed by atoms with Gasteiger partial charge in [0.1, 0.15) is 16.1 Å². The smallest absolute Gasteiger partial charge is 0.232 e. The van der Waals surface area contributed by atoms with Crippen LogP contribution in [0.4, 0.5) is 0 Å². The third kappa shape index (κ3) is 6.41. The zero-order valence-electron chi connectivity index (χ0n) is 13.7. The van der Waals surface area contributed by atoms with Crippen molar-refractivity contribution in [1.82, 2.24) is 0 Å². The molecule has 1 aliphatic carbocycles. The Balaban J connectivity index is 3.07. The van der Waals surface area contributed by atoms with Crippen molar-refractivity contribution < 1.29 is 4.79 Å². The van der Waals surface area contributed by atoms with Gasteiger partial charge in [-0.25, -0.2) is 0 Å². The van der Waals surface area contributed by atoms with E-state index in [1.807, 2.05) is 0 Å². The van der Waals surface area contributed by atoms with Crippen LogP contribution in [0.15, 0.2) is 11.1 Å². The summed E-state index contributed by atoms with van der Waals surface area (Å²) in [6.45, 7) is 13.2. The molecule has 0 amide bonds. The number of Topliss-reactive ketones (excluding diaryl/α,β-unsaturated/α-hetero) is 1. The second-order valence-electron chi connectivity index (χ2n) is 7.49. The molecule has 0 N–H and O–H groups in total. The molecule has 0 spiro atoms. The normalized spacial score (nSPS) is 15.9. The lowest BCUT2D eigenvalue weighted by atomic mass is 9.90. The molecule has 20 heavy (non-hydrogen) atoms. The van der Waals surface area contributed by atoms with Crippen LogP contribution in [0, 0.1) is 22.9 Å². The average molecular weight is 303 g/mol. The quantitative estimate of drug-likeness (QED) is 0.524. The van der Waals surface area contributed by atoms with Crippen molar-refractivity contribution in [2.45, 2.75) is 65.0 Å². The van der Waals surface area contributed by atoms with E-state index < -0.39 is 16.1 Å². The van der Waals surface area contributed by atoms with Crippen LogP contribution in [0.1, 0.15) is 25.7 Å². The lowest BCUT2D eigenvalue weighted by molar-refractivity contribution is -0.110. The van der Waals surface area contributed by atoms with Gasteiger partial charge < -0.3 is 0 Å². The molecule has 0 atom stereocenters. The fraction of sp³-hybridized carbons (Fsp3) is 0.588. The molecular formula is C17H26OSi2. The van der Waals surface area contributed by atoms with Crippen LogP contribution in [-0.2, 0) is 4.79 Å². The van der Waals surface area contributed by atoms with Crippen LogP contribution in [0.2, 0.25) is 39.3 Å². The number of carbonyl (C=O) groups is 1. The molecule has 3 heteroatoms. The lowest BCUT2D eigenvalue weighted by Crippen LogP contribution is -2.18. The summed E-state index contributed by atoms with van der Waals surface area (Å²) in [7, 11) is -2.88. The molecule has 0 radical (unpaired) electrons.